The first-order chi connectivity index (χ1) is 13.5. The van der Waals surface area contributed by atoms with Gasteiger partial charge in [0.2, 0.25) is 0 Å². The van der Waals surface area contributed by atoms with E-state index < -0.39 is 11.6 Å². The van der Waals surface area contributed by atoms with Crippen LogP contribution in [0.4, 0.5) is 8.78 Å². The lowest BCUT2D eigenvalue weighted by atomic mass is 9.75. The molecular weight excluding hydrogens is 362 g/mol. The van der Waals surface area contributed by atoms with E-state index in [2.05, 4.69) is 10.00 Å². The molecule has 6 rings (SSSR count). The molecule has 0 N–H and O–H groups in total. The molecule has 1 amide bonds. The molecular formula is C21H24F2N4O. The van der Waals surface area contributed by atoms with Crippen molar-refractivity contribution in [2.45, 2.75) is 37.8 Å². The molecule has 5 nitrogen and oxygen atoms in total. The maximum atomic E-state index is 14.7. The van der Waals surface area contributed by atoms with Gasteiger partial charge in [0.1, 0.15) is 5.69 Å². The Morgan fingerprint density at radius 2 is 1.93 bits per heavy atom. The molecule has 0 aliphatic carbocycles. The van der Waals surface area contributed by atoms with Gasteiger partial charge in [-0.25, -0.2) is 8.78 Å². The van der Waals surface area contributed by atoms with Gasteiger partial charge in [-0.05, 0) is 56.5 Å². The minimum atomic E-state index is -0.822. The first-order valence-corrected chi connectivity index (χ1v) is 9.95. The summed E-state index contributed by atoms with van der Waals surface area (Å²) in [4.78, 5) is 17.7. The molecule has 28 heavy (non-hydrogen) atoms. The topological polar surface area (TPSA) is 41.4 Å². The lowest BCUT2D eigenvalue weighted by molar-refractivity contribution is -0.00390. The third kappa shape index (κ3) is 2.52. The Morgan fingerprint density at radius 1 is 1.18 bits per heavy atom. The van der Waals surface area contributed by atoms with Gasteiger partial charge in [0.15, 0.2) is 11.6 Å². The first kappa shape index (κ1) is 17.8. The Balaban J connectivity index is 1.57. The number of amides is 1. The number of halogens is 2. The summed E-state index contributed by atoms with van der Waals surface area (Å²) in [6, 6.07) is 6.27. The third-order valence-electron chi connectivity index (χ3n) is 6.86. The van der Waals surface area contributed by atoms with E-state index in [1.54, 1.807) is 29.9 Å². The fourth-order valence-corrected chi connectivity index (χ4v) is 5.69. The summed E-state index contributed by atoms with van der Waals surface area (Å²) in [5, 5.41) is 4.31. The number of aromatic nitrogens is 2. The third-order valence-corrected chi connectivity index (χ3v) is 6.86. The molecule has 0 radical (unpaired) electrons. The number of aryl methyl sites for hydroxylation is 2. The average molecular weight is 386 g/mol. The molecule has 4 aliphatic heterocycles. The fourth-order valence-electron chi connectivity index (χ4n) is 5.69. The van der Waals surface area contributed by atoms with Gasteiger partial charge in [0.05, 0.1) is 11.7 Å². The maximum Gasteiger partial charge on any atom is 0.272 e. The molecule has 7 heteroatoms. The highest BCUT2D eigenvalue weighted by Crippen LogP contribution is 2.47. The van der Waals surface area contributed by atoms with E-state index >= 15 is 0 Å². The van der Waals surface area contributed by atoms with E-state index in [0.717, 1.165) is 37.7 Å². The van der Waals surface area contributed by atoms with Crippen molar-refractivity contribution in [3.05, 3.63) is 52.9 Å². The van der Waals surface area contributed by atoms with Crippen LogP contribution in [0.1, 0.15) is 40.5 Å². The van der Waals surface area contributed by atoms with E-state index in [-0.39, 0.29) is 23.9 Å². The van der Waals surface area contributed by atoms with Crippen molar-refractivity contribution in [3.8, 4) is 0 Å². The van der Waals surface area contributed by atoms with Crippen LogP contribution in [-0.2, 0) is 7.05 Å². The number of fused-ring (bicyclic) bond motifs is 2. The molecule has 148 valence electrons. The summed E-state index contributed by atoms with van der Waals surface area (Å²) in [7, 11) is 1.77. The zero-order chi connectivity index (χ0) is 19.6. The Kier molecular flexibility index (Phi) is 4.05. The van der Waals surface area contributed by atoms with Gasteiger partial charge in [0.25, 0.3) is 5.91 Å². The first-order valence-electron chi connectivity index (χ1n) is 9.95. The Morgan fingerprint density at radius 3 is 2.61 bits per heavy atom. The number of piperidine rings is 3. The Labute approximate surface area is 162 Å². The highest BCUT2D eigenvalue weighted by Gasteiger charge is 2.55. The van der Waals surface area contributed by atoms with Crippen molar-refractivity contribution in [1.29, 1.82) is 0 Å². The number of likely N-dealkylation sites (tertiary alicyclic amines) is 1. The van der Waals surface area contributed by atoms with Crippen molar-refractivity contribution in [1.82, 2.24) is 19.6 Å². The predicted octanol–water partition coefficient (Wildman–Crippen LogP) is 2.71. The second-order valence-corrected chi connectivity index (χ2v) is 8.36. The van der Waals surface area contributed by atoms with Gasteiger partial charge in [0, 0.05) is 25.6 Å². The maximum absolute atomic E-state index is 14.7. The van der Waals surface area contributed by atoms with E-state index in [9.17, 15) is 13.6 Å². The van der Waals surface area contributed by atoms with Crippen LogP contribution in [0, 0.1) is 24.5 Å². The van der Waals surface area contributed by atoms with Crippen LogP contribution in [0.5, 0.6) is 0 Å². The largest absolute Gasteiger partial charge is 0.332 e. The normalized spacial score (nSPS) is 31.3. The molecule has 5 heterocycles. The standard InChI is InChI=1S/C21H24F2N4O/c1-12-10-17(25(2)24-12)21(28)27-11-15(14-4-3-5-16(22)18(14)23)20-19(27)13-6-8-26(20)9-7-13/h3-5,10,13,15,19-20H,6-9,11H2,1-2H3/t15-,19+,20+/m1/s1. The zero-order valence-corrected chi connectivity index (χ0v) is 16.1. The van der Waals surface area contributed by atoms with Gasteiger partial charge >= 0.3 is 0 Å². The van der Waals surface area contributed by atoms with Crippen LogP contribution in [0.15, 0.2) is 24.3 Å². The van der Waals surface area contributed by atoms with Crippen molar-refractivity contribution < 1.29 is 13.6 Å². The monoisotopic (exact) mass is 386 g/mol. The summed E-state index contributed by atoms with van der Waals surface area (Å²) in [5.74, 6) is -1.47. The zero-order valence-electron chi connectivity index (χ0n) is 16.1. The van der Waals surface area contributed by atoms with Crippen molar-refractivity contribution in [2.75, 3.05) is 19.6 Å². The molecule has 4 saturated heterocycles. The highest BCUT2D eigenvalue weighted by molar-refractivity contribution is 5.93. The smallest absolute Gasteiger partial charge is 0.272 e. The van der Waals surface area contributed by atoms with Gasteiger partial charge in [-0.1, -0.05) is 12.1 Å². The number of carbonyl (C=O) groups is 1. The van der Waals surface area contributed by atoms with Crippen LogP contribution in [0.25, 0.3) is 0 Å². The lowest BCUT2D eigenvalue weighted by Crippen LogP contribution is -2.60. The molecule has 3 atom stereocenters. The number of nitrogens with zero attached hydrogens (tertiary/aromatic N) is 4. The molecule has 2 bridgehead atoms. The fraction of sp³-hybridized carbons (Fsp3) is 0.524. The molecule has 4 aliphatic rings. The van der Waals surface area contributed by atoms with Gasteiger partial charge in [-0.2, -0.15) is 5.10 Å². The summed E-state index contributed by atoms with van der Waals surface area (Å²) >= 11 is 0. The summed E-state index contributed by atoms with van der Waals surface area (Å²) in [6.07, 6.45) is 2.10. The van der Waals surface area contributed by atoms with E-state index in [0.29, 0.717) is 23.7 Å². The minimum absolute atomic E-state index is 0.0397. The van der Waals surface area contributed by atoms with Crippen LogP contribution in [0.3, 0.4) is 0 Å². The Hall–Kier alpha value is -2.28. The number of benzene rings is 1. The van der Waals surface area contributed by atoms with E-state index in [4.69, 9.17) is 0 Å². The van der Waals surface area contributed by atoms with Crippen LogP contribution in [0.2, 0.25) is 0 Å². The van der Waals surface area contributed by atoms with Crippen molar-refractivity contribution >= 4 is 5.91 Å². The number of hydrogen-bond acceptors (Lipinski definition) is 3. The highest BCUT2D eigenvalue weighted by atomic mass is 19.2. The van der Waals surface area contributed by atoms with Crippen LogP contribution >= 0.6 is 0 Å². The van der Waals surface area contributed by atoms with E-state index in [1.807, 2.05) is 11.8 Å². The SMILES string of the molecule is Cc1cc(C(=O)N2C[C@H](c3cccc(F)c3F)[C@H]3[C@@H]2C2CCN3CC2)n(C)n1. The molecule has 4 fully saturated rings. The molecule has 0 unspecified atom stereocenters. The lowest BCUT2D eigenvalue weighted by Gasteiger charge is -2.51. The number of carbonyl (C=O) groups excluding carboxylic acids is 1. The van der Waals surface area contributed by atoms with Gasteiger partial charge in [-0.3, -0.25) is 14.4 Å². The van der Waals surface area contributed by atoms with Gasteiger partial charge in [-0.15, -0.1) is 0 Å². The second kappa shape index (κ2) is 6.37. The number of hydrogen-bond donors (Lipinski definition) is 0. The van der Waals surface area contributed by atoms with Gasteiger partial charge < -0.3 is 4.90 Å². The Bertz CT molecular complexity index is 934. The quantitative estimate of drug-likeness (QED) is 0.797. The molecule has 1 aromatic heterocycles. The summed E-state index contributed by atoms with van der Waals surface area (Å²) in [6.45, 7) is 4.20. The molecule has 1 aromatic carbocycles. The van der Waals surface area contributed by atoms with Crippen molar-refractivity contribution in [2.24, 2.45) is 13.0 Å². The van der Waals surface area contributed by atoms with Crippen molar-refractivity contribution in [3.63, 3.8) is 0 Å². The van der Waals surface area contributed by atoms with Crippen LogP contribution in [-0.4, -0.2) is 57.2 Å². The summed E-state index contributed by atoms with van der Waals surface area (Å²) in [5.41, 5.74) is 1.73. The molecule has 2 aromatic rings. The van der Waals surface area contributed by atoms with Crippen LogP contribution < -0.4 is 0 Å². The second-order valence-electron chi connectivity index (χ2n) is 8.36. The molecule has 0 spiro atoms. The average Bonchev–Trinajstić information content (AvgIpc) is 3.26. The summed E-state index contributed by atoms with van der Waals surface area (Å²) < 4.78 is 30.2. The predicted molar refractivity (Wildman–Crippen MR) is 100.0 cm³/mol. The van der Waals surface area contributed by atoms with E-state index in [1.165, 1.54) is 0 Å². The minimum Gasteiger partial charge on any atom is -0.332 e. The molecule has 0 saturated carbocycles. The number of rotatable bonds is 2.